The van der Waals surface area contributed by atoms with Crippen LogP contribution in [0.3, 0.4) is 0 Å². The van der Waals surface area contributed by atoms with Crippen molar-refractivity contribution in [2.75, 3.05) is 0 Å². The molecule has 2 aliphatic carbocycles. The molecule has 1 saturated heterocycles. The van der Waals surface area contributed by atoms with Gasteiger partial charge in [0.05, 0.1) is 12.6 Å². The number of hydrogen-bond donors (Lipinski definition) is 1. The fraction of sp³-hybridized carbons (Fsp3) is 0.438. The number of nitrogens with zero attached hydrogens (tertiary/aromatic N) is 5. The molecule has 9 heteroatoms. The van der Waals surface area contributed by atoms with Crippen LogP contribution in [0.1, 0.15) is 42.3 Å². The zero-order valence-corrected chi connectivity index (χ0v) is 14.0. The largest absolute Gasteiger partial charge is 0.325 e. The second kappa shape index (κ2) is 5.01. The Balaban J connectivity index is 1.48. The second-order valence-electron chi connectivity index (χ2n) is 6.80. The molecule has 1 unspecified atom stereocenters. The van der Waals surface area contributed by atoms with Gasteiger partial charge in [0.25, 0.3) is 5.91 Å². The number of halogens is 1. The van der Waals surface area contributed by atoms with E-state index in [1.165, 1.54) is 4.90 Å². The van der Waals surface area contributed by atoms with Crippen molar-refractivity contribution in [2.24, 2.45) is 0 Å². The van der Waals surface area contributed by atoms with Crippen LogP contribution in [-0.4, -0.2) is 37.0 Å². The van der Waals surface area contributed by atoms with E-state index >= 15 is 0 Å². The van der Waals surface area contributed by atoms with Gasteiger partial charge in [-0.15, -0.1) is 5.10 Å². The number of carbonyl (C=O) groups is 2. The van der Waals surface area contributed by atoms with E-state index in [0.29, 0.717) is 23.7 Å². The number of benzene rings is 1. The van der Waals surface area contributed by atoms with E-state index in [1.54, 1.807) is 10.7 Å². The molecule has 1 N–H and O–H groups in total. The predicted octanol–water partition coefficient (Wildman–Crippen LogP) is 1.55. The van der Waals surface area contributed by atoms with Gasteiger partial charge in [-0.1, -0.05) is 17.7 Å². The van der Waals surface area contributed by atoms with Crippen LogP contribution in [0.4, 0.5) is 4.79 Å². The van der Waals surface area contributed by atoms with Crippen molar-refractivity contribution in [3.05, 3.63) is 40.2 Å². The molecule has 3 amide bonds. The number of imide groups is 1. The quantitative estimate of drug-likeness (QED) is 0.840. The number of aromatic nitrogens is 4. The van der Waals surface area contributed by atoms with E-state index in [2.05, 4.69) is 20.8 Å². The molecule has 2 fully saturated rings. The van der Waals surface area contributed by atoms with Gasteiger partial charge in [-0.25, -0.2) is 9.48 Å². The summed E-state index contributed by atoms with van der Waals surface area (Å²) >= 11 is 6.05. The molecule has 8 nitrogen and oxygen atoms in total. The highest BCUT2D eigenvalue weighted by Gasteiger charge is 2.55. The molecule has 2 aromatic rings. The molecule has 1 aliphatic heterocycles. The van der Waals surface area contributed by atoms with Gasteiger partial charge in [0.1, 0.15) is 5.54 Å². The molecular formula is C16H15ClN6O2. The molecule has 25 heavy (non-hydrogen) atoms. The lowest BCUT2D eigenvalue weighted by atomic mass is 9.92. The maximum atomic E-state index is 13.1. The summed E-state index contributed by atoms with van der Waals surface area (Å²) in [5, 5.41) is 15.2. The van der Waals surface area contributed by atoms with Gasteiger partial charge in [-0.2, -0.15) is 0 Å². The first-order valence-electron chi connectivity index (χ1n) is 8.28. The number of urea groups is 1. The molecule has 1 spiro atoms. The number of tetrazole rings is 1. The Bertz CT molecular complexity index is 908. The Hall–Kier alpha value is -2.48. The Morgan fingerprint density at radius 1 is 1.32 bits per heavy atom. The summed E-state index contributed by atoms with van der Waals surface area (Å²) in [6, 6.07) is 5.33. The van der Waals surface area contributed by atoms with Gasteiger partial charge < -0.3 is 5.32 Å². The average molecular weight is 359 g/mol. The van der Waals surface area contributed by atoms with Gasteiger partial charge in [0, 0.05) is 5.02 Å². The highest BCUT2D eigenvalue weighted by molar-refractivity contribution is 6.30. The zero-order valence-electron chi connectivity index (χ0n) is 13.3. The predicted molar refractivity (Wildman–Crippen MR) is 86.6 cm³/mol. The third-order valence-corrected chi connectivity index (χ3v) is 5.46. The molecule has 3 aliphatic rings. The van der Waals surface area contributed by atoms with Crippen molar-refractivity contribution in [3.8, 4) is 0 Å². The molecule has 0 bridgehead atoms. The molecule has 1 aromatic heterocycles. The van der Waals surface area contributed by atoms with Crippen LogP contribution in [-0.2, 0) is 23.3 Å². The number of amides is 3. The van der Waals surface area contributed by atoms with Crippen molar-refractivity contribution in [2.45, 2.75) is 43.8 Å². The minimum Gasteiger partial charge on any atom is -0.319 e. The third kappa shape index (κ3) is 2.10. The van der Waals surface area contributed by atoms with E-state index in [0.717, 1.165) is 24.0 Å². The molecule has 5 rings (SSSR count). The number of rotatable bonds is 3. The minimum absolute atomic E-state index is 0.0822. The van der Waals surface area contributed by atoms with Crippen molar-refractivity contribution in [1.82, 2.24) is 30.4 Å². The fourth-order valence-corrected chi connectivity index (χ4v) is 4.02. The summed E-state index contributed by atoms with van der Waals surface area (Å²) in [6.07, 6.45) is 3.29. The monoisotopic (exact) mass is 358 g/mol. The van der Waals surface area contributed by atoms with Crippen LogP contribution in [0.2, 0.25) is 5.02 Å². The maximum absolute atomic E-state index is 13.1. The lowest BCUT2D eigenvalue weighted by molar-refractivity contribution is -0.132. The summed E-state index contributed by atoms with van der Waals surface area (Å²) in [4.78, 5) is 26.9. The van der Waals surface area contributed by atoms with Crippen molar-refractivity contribution in [1.29, 1.82) is 0 Å². The number of carbonyl (C=O) groups excluding carboxylic acids is 2. The van der Waals surface area contributed by atoms with Gasteiger partial charge in [-0.05, 0) is 59.4 Å². The summed E-state index contributed by atoms with van der Waals surface area (Å²) in [6.45, 7) is 0.0822. The van der Waals surface area contributed by atoms with E-state index in [9.17, 15) is 9.59 Å². The normalized spacial score (nSPS) is 24.9. The first-order valence-corrected chi connectivity index (χ1v) is 8.66. The lowest BCUT2D eigenvalue weighted by Crippen LogP contribution is -2.41. The van der Waals surface area contributed by atoms with Gasteiger partial charge in [0.15, 0.2) is 5.82 Å². The fourth-order valence-electron chi connectivity index (χ4n) is 3.82. The van der Waals surface area contributed by atoms with Crippen LogP contribution < -0.4 is 5.32 Å². The molecule has 2 heterocycles. The van der Waals surface area contributed by atoms with Crippen molar-refractivity contribution < 1.29 is 9.59 Å². The Morgan fingerprint density at radius 3 is 2.96 bits per heavy atom. The minimum atomic E-state index is -0.991. The highest BCUT2D eigenvalue weighted by atomic mass is 35.5. The molecule has 1 atom stereocenters. The van der Waals surface area contributed by atoms with Crippen LogP contribution in [0.25, 0.3) is 0 Å². The van der Waals surface area contributed by atoms with Crippen molar-refractivity contribution >= 4 is 23.5 Å². The highest BCUT2D eigenvalue weighted by Crippen LogP contribution is 2.42. The smallest absolute Gasteiger partial charge is 0.319 e. The topological polar surface area (TPSA) is 93.0 Å². The summed E-state index contributed by atoms with van der Waals surface area (Å²) in [7, 11) is 0. The lowest BCUT2D eigenvalue weighted by Gasteiger charge is -2.22. The van der Waals surface area contributed by atoms with E-state index < -0.39 is 11.6 Å². The molecule has 0 radical (unpaired) electrons. The second-order valence-corrected chi connectivity index (χ2v) is 7.24. The van der Waals surface area contributed by atoms with E-state index in [-0.39, 0.29) is 18.5 Å². The SMILES string of the molecule is O=C1NC2(CCc3cc(Cl)ccc32)C(=O)N1Cc1nnnn1C1CC1. The van der Waals surface area contributed by atoms with Gasteiger partial charge >= 0.3 is 6.03 Å². The van der Waals surface area contributed by atoms with Crippen LogP contribution in [0.5, 0.6) is 0 Å². The molecule has 128 valence electrons. The molecule has 1 aromatic carbocycles. The summed E-state index contributed by atoms with van der Waals surface area (Å²) in [5.41, 5.74) is 0.847. The van der Waals surface area contributed by atoms with Crippen LogP contribution >= 0.6 is 11.6 Å². The zero-order chi connectivity index (χ0) is 17.2. The standard InChI is InChI=1S/C16H15ClN6O2/c17-10-1-4-12-9(7-10)5-6-16(12)14(24)22(15(25)18-16)8-13-19-20-21-23(13)11-2-3-11/h1,4,7,11H,2-3,5-6,8H2,(H,18,25). The number of hydrogen-bond acceptors (Lipinski definition) is 5. The van der Waals surface area contributed by atoms with E-state index in [1.807, 2.05) is 12.1 Å². The van der Waals surface area contributed by atoms with E-state index in [4.69, 9.17) is 11.6 Å². The maximum Gasteiger partial charge on any atom is 0.325 e. The summed E-state index contributed by atoms with van der Waals surface area (Å²) in [5.74, 6) is 0.293. The van der Waals surface area contributed by atoms with Gasteiger partial charge in [-0.3, -0.25) is 9.69 Å². The Labute approximate surface area is 148 Å². The Morgan fingerprint density at radius 2 is 2.16 bits per heavy atom. The molecular weight excluding hydrogens is 344 g/mol. The van der Waals surface area contributed by atoms with Crippen LogP contribution in [0.15, 0.2) is 18.2 Å². The van der Waals surface area contributed by atoms with Crippen LogP contribution in [0, 0.1) is 0 Å². The first-order chi connectivity index (χ1) is 12.1. The average Bonchev–Trinajstić information content (AvgIpc) is 3.15. The summed E-state index contributed by atoms with van der Waals surface area (Å²) < 4.78 is 1.72. The number of nitrogens with one attached hydrogen (secondary N) is 1. The van der Waals surface area contributed by atoms with Gasteiger partial charge in [0.2, 0.25) is 0 Å². The van der Waals surface area contributed by atoms with Crippen molar-refractivity contribution in [3.63, 3.8) is 0 Å². The Kier molecular flexibility index (Phi) is 2.97. The number of fused-ring (bicyclic) bond motifs is 2. The number of aryl methyl sites for hydroxylation is 1. The molecule has 1 saturated carbocycles. The third-order valence-electron chi connectivity index (χ3n) is 5.23. The first kappa shape index (κ1) is 14.8.